The standard InChI is InChI=1S/C13H19N5O2/c1-13(19,10-18-2-4-20-5-3-18)9-17-12-8-15-11(6-14)7-16-12/h7-8,19H,2-5,9-10H2,1H3,(H,16,17). The number of nitrogens with zero attached hydrogens (tertiary/aromatic N) is 4. The van der Waals surface area contributed by atoms with E-state index in [9.17, 15) is 5.11 Å². The summed E-state index contributed by atoms with van der Waals surface area (Å²) in [5.41, 5.74) is -0.594. The molecule has 2 rings (SSSR count). The van der Waals surface area contributed by atoms with Gasteiger partial charge >= 0.3 is 0 Å². The smallest absolute Gasteiger partial charge is 0.158 e. The largest absolute Gasteiger partial charge is 0.387 e. The number of aromatic nitrogens is 2. The SMILES string of the molecule is CC(O)(CNc1cnc(C#N)cn1)CN1CCOCC1. The van der Waals surface area contributed by atoms with Crippen molar-refractivity contribution in [3.05, 3.63) is 18.1 Å². The second-order valence-electron chi connectivity index (χ2n) is 5.14. The fraction of sp³-hybridized carbons (Fsp3) is 0.615. The van der Waals surface area contributed by atoms with Crippen LogP contribution in [0.2, 0.25) is 0 Å². The van der Waals surface area contributed by atoms with Gasteiger partial charge < -0.3 is 15.2 Å². The number of nitriles is 1. The van der Waals surface area contributed by atoms with Crippen LogP contribution in [0, 0.1) is 11.3 Å². The van der Waals surface area contributed by atoms with Gasteiger partial charge in [-0.15, -0.1) is 0 Å². The molecule has 1 saturated heterocycles. The number of anilines is 1. The maximum absolute atomic E-state index is 10.4. The number of nitrogens with one attached hydrogen (secondary N) is 1. The number of morpholine rings is 1. The maximum atomic E-state index is 10.4. The van der Waals surface area contributed by atoms with Gasteiger partial charge in [-0.05, 0) is 6.92 Å². The zero-order chi connectivity index (χ0) is 14.4. The Kier molecular flexibility index (Phi) is 4.84. The Labute approximate surface area is 118 Å². The third kappa shape index (κ3) is 4.42. The Morgan fingerprint density at radius 1 is 1.45 bits per heavy atom. The van der Waals surface area contributed by atoms with Gasteiger partial charge in [0.25, 0.3) is 0 Å². The van der Waals surface area contributed by atoms with E-state index >= 15 is 0 Å². The van der Waals surface area contributed by atoms with E-state index in [4.69, 9.17) is 10.00 Å². The summed E-state index contributed by atoms with van der Waals surface area (Å²) in [7, 11) is 0. The first-order valence-corrected chi connectivity index (χ1v) is 6.57. The lowest BCUT2D eigenvalue weighted by atomic mass is 10.1. The summed E-state index contributed by atoms with van der Waals surface area (Å²) in [5, 5.41) is 22.1. The maximum Gasteiger partial charge on any atom is 0.158 e. The van der Waals surface area contributed by atoms with Crippen molar-refractivity contribution in [3.8, 4) is 6.07 Å². The van der Waals surface area contributed by atoms with Crippen LogP contribution in [-0.2, 0) is 4.74 Å². The minimum absolute atomic E-state index is 0.274. The first kappa shape index (κ1) is 14.7. The average molecular weight is 277 g/mol. The number of hydrogen-bond acceptors (Lipinski definition) is 7. The van der Waals surface area contributed by atoms with Gasteiger partial charge in [-0.2, -0.15) is 5.26 Å². The van der Waals surface area contributed by atoms with Crippen LogP contribution < -0.4 is 5.32 Å². The molecule has 20 heavy (non-hydrogen) atoms. The van der Waals surface area contributed by atoms with E-state index in [1.54, 1.807) is 6.92 Å². The van der Waals surface area contributed by atoms with Gasteiger partial charge in [-0.1, -0.05) is 0 Å². The zero-order valence-corrected chi connectivity index (χ0v) is 11.5. The minimum atomic E-state index is -0.868. The molecule has 2 heterocycles. The molecule has 0 bridgehead atoms. The van der Waals surface area contributed by atoms with Gasteiger partial charge in [-0.3, -0.25) is 4.90 Å². The van der Waals surface area contributed by atoms with Crippen LogP contribution in [0.4, 0.5) is 5.82 Å². The van der Waals surface area contributed by atoms with E-state index in [2.05, 4.69) is 20.2 Å². The molecule has 0 spiro atoms. The van der Waals surface area contributed by atoms with Crippen LogP contribution in [0.3, 0.4) is 0 Å². The third-order valence-corrected chi connectivity index (χ3v) is 3.08. The van der Waals surface area contributed by atoms with Crippen molar-refractivity contribution < 1.29 is 9.84 Å². The topological polar surface area (TPSA) is 94.3 Å². The molecule has 1 aliphatic heterocycles. The molecule has 1 aromatic heterocycles. The van der Waals surface area contributed by atoms with E-state index in [1.165, 1.54) is 12.4 Å². The summed E-state index contributed by atoms with van der Waals surface area (Å²) in [4.78, 5) is 10.2. The quantitative estimate of drug-likeness (QED) is 0.772. The molecule has 0 saturated carbocycles. The Bertz CT molecular complexity index is 463. The molecule has 1 fully saturated rings. The van der Waals surface area contributed by atoms with Crippen LogP contribution in [0.25, 0.3) is 0 Å². The second kappa shape index (κ2) is 6.61. The van der Waals surface area contributed by atoms with Crippen molar-refractivity contribution >= 4 is 5.82 Å². The van der Waals surface area contributed by atoms with Crippen molar-refractivity contribution in [2.45, 2.75) is 12.5 Å². The Morgan fingerprint density at radius 3 is 2.80 bits per heavy atom. The van der Waals surface area contributed by atoms with Gasteiger partial charge in [0.15, 0.2) is 5.69 Å². The normalized spacial score (nSPS) is 19.1. The highest BCUT2D eigenvalue weighted by molar-refractivity contribution is 5.33. The second-order valence-corrected chi connectivity index (χ2v) is 5.14. The van der Waals surface area contributed by atoms with E-state index < -0.39 is 5.60 Å². The number of hydrogen-bond donors (Lipinski definition) is 2. The lowest BCUT2D eigenvalue weighted by Gasteiger charge is -2.33. The number of ether oxygens (including phenoxy) is 1. The summed E-state index contributed by atoms with van der Waals surface area (Å²) in [6.07, 6.45) is 2.89. The van der Waals surface area contributed by atoms with Gasteiger partial charge in [-0.25, -0.2) is 9.97 Å². The highest BCUT2D eigenvalue weighted by Crippen LogP contribution is 2.10. The van der Waals surface area contributed by atoms with Crippen LogP contribution >= 0.6 is 0 Å². The van der Waals surface area contributed by atoms with Crippen LogP contribution in [-0.4, -0.2) is 65.0 Å². The van der Waals surface area contributed by atoms with E-state index in [1.807, 2.05) is 6.07 Å². The Balaban J connectivity index is 1.82. The molecular weight excluding hydrogens is 258 g/mol. The summed E-state index contributed by atoms with van der Waals surface area (Å²) in [6.45, 7) is 5.83. The van der Waals surface area contributed by atoms with Crippen LogP contribution in [0.5, 0.6) is 0 Å². The lowest BCUT2D eigenvalue weighted by molar-refractivity contribution is -0.0164. The number of aliphatic hydroxyl groups is 1. The molecule has 1 aromatic rings. The monoisotopic (exact) mass is 277 g/mol. The minimum Gasteiger partial charge on any atom is -0.387 e. The molecule has 7 heteroatoms. The highest BCUT2D eigenvalue weighted by Gasteiger charge is 2.25. The van der Waals surface area contributed by atoms with E-state index in [0.717, 1.165) is 13.1 Å². The van der Waals surface area contributed by atoms with Gasteiger partial charge in [0, 0.05) is 26.2 Å². The Morgan fingerprint density at radius 2 is 2.20 bits per heavy atom. The first-order valence-electron chi connectivity index (χ1n) is 6.57. The molecule has 0 radical (unpaired) electrons. The molecule has 0 aliphatic carbocycles. The zero-order valence-electron chi connectivity index (χ0n) is 11.5. The number of rotatable bonds is 5. The fourth-order valence-corrected chi connectivity index (χ4v) is 2.05. The number of β-amino-alcohol motifs (C(OH)–C–C–N with tert-alkyl or cyclic N) is 1. The Hall–Kier alpha value is -1.75. The van der Waals surface area contributed by atoms with Gasteiger partial charge in [0.05, 0.1) is 31.2 Å². The molecule has 1 unspecified atom stereocenters. The summed E-state index contributed by atoms with van der Waals surface area (Å²) in [5.74, 6) is 0.547. The fourth-order valence-electron chi connectivity index (χ4n) is 2.05. The molecule has 0 amide bonds. The molecule has 2 N–H and O–H groups in total. The predicted octanol–water partition coefficient (Wildman–Crippen LogP) is -0.157. The van der Waals surface area contributed by atoms with Crippen LogP contribution in [0.15, 0.2) is 12.4 Å². The first-order chi connectivity index (χ1) is 9.59. The summed E-state index contributed by atoms with van der Waals surface area (Å²) < 4.78 is 5.28. The van der Waals surface area contributed by atoms with Gasteiger partial charge in [0.2, 0.25) is 0 Å². The molecular formula is C13H19N5O2. The molecule has 1 atom stereocenters. The van der Waals surface area contributed by atoms with Crippen molar-refractivity contribution in [2.75, 3.05) is 44.7 Å². The molecule has 1 aliphatic rings. The summed E-state index contributed by atoms with van der Waals surface area (Å²) in [6, 6.07) is 1.91. The van der Waals surface area contributed by atoms with Crippen molar-refractivity contribution in [3.63, 3.8) is 0 Å². The molecule has 7 nitrogen and oxygen atoms in total. The predicted molar refractivity (Wildman–Crippen MR) is 73.1 cm³/mol. The van der Waals surface area contributed by atoms with E-state index in [0.29, 0.717) is 32.1 Å². The third-order valence-electron chi connectivity index (χ3n) is 3.08. The van der Waals surface area contributed by atoms with Crippen molar-refractivity contribution in [1.29, 1.82) is 5.26 Å². The van der Waals surface area contributed by atoms with Crippen LogP contribution in [0.1, 0.15) is 12.6 Å². The molecule has 0 aromatic carbocycles. The lowest BCUT2D eigenvalue weighted by Crippen LogP contribution is -2.49. The summed E-state index contributed by atoms with van der Waals surface area (Å²) >= 11 is 0. The van der Waals surface area contributed by atoms with Crippen molar-refractivity contribution in [1.82, 2.24) is 14.9 Å². The van der Waals surface area contributed by atoms with Gasteiger partial charge in [0.1, 0.15) is 11.9 Å². The highest BCUT2D eigenvalue weighted by atomic mass is 16.5. The molecule has 108 valence electrons. The van der Waals surface area contributed by atoms with E-state index in [-0.39, 0.29) is 5.69 Å². The van der Waals surface area contributed by atoms with Crippen molar-refractivity contribution in [2.24, 2.45) is 0 Å². The average Bonchev–Trinajstić information content (AvgIpc) is 2.46.